The molecule has 0 saturated heterocycles. The molecular weight excluding hydrogens is 420 g/mol. The van der Waals surface area contributed by atoms with Crippen molar-refractivity contribution < 1.29 is 13.9 Å². The monoisotopic (exact) mass is 440 g/mol. The molecule has 0 spiro atoms. The van der Waals surface area contributed by atoms with Gasteiger partial charge in [0.25, 0.3) is 5.22 Å². The molecule has 0 bridgehead atoms. The molecule has 154 valence electrons. The number of carbonyl (C=O) groups excluding carboxylic acids is 1. The lowest BCUT2D eigenvalue weighted by molar-refractivity contribution is -0.118. The average Bonchev–Trinajstić information content (AvgIpc) is 3.41. The maximum Gasteiger partial charge on any atom is 0.277 e. The molecule has 2 aromatic carbocycles. The second-order valence-electron chi connectivity index (χ2n) is 6.45. The highest BCUT2D eigenvalue weighted by atomic mass is 32.2. The van der Waals surface area contributed by atoms with Crippen molar-refractivity contribution >= 4 is 39.2 Å². The molecule has 2 aromatic heterocycles. The van der Waals surface area contributed by atoms with E-state index >= 15 is 0 Å². The van der Waals surface area contributed by atoms with Crippen LogP contribution in [-0.2, 0) is 24.2 Å². The lowest BCUT2D eigenvalue weighted by atomic mass is 10.2. The first-order valence-corrected chi connectivity index (χ1v) is 11.2. The second-order valence-corrected chi connectivity index (χ2v) is 8.50. The van der Waals surface area contributed by atoms with Crippen LogP contribution >= 0.6 is 23.1 Å². The number of ether oxygens (including phenoxy) is 1. The first-order valence-electron chi connectivity index (χ1n) is 9.39. The molecular formula is C21H20N4O3S2. The maximum atomic E-state index is 12.1. The van der Waals surface area contributed by atoms with Crippen LogP contribution in [0.5, 0.6) is 5.75 Å². The Kier molecular flexibility index (Phi) is 6.60. The van der Waals surface area contributed by atoms with Crippen LogP contribution in [0.1, 0.15) is 16.5 Å². The highest BCUT2D eigenvalue weighted by Gasteiger charge is 2.11. The average molecular weight is 441 g/mol. The van der Waals surface area contributed by atoms with Crippen LogP contribution in [0.25, 0.3) is 10.2 Å². The van der Waals surface area contributed by atoms with E-state index < -0.39 is 0 Å². The molecule has 7 nitrogen and oxygen atoms in total. The molecule has 0 aliphatic heterocycles. The van der Waals surface area contributed by atoms with Crippen LogP contribution in [0, 0.1) is 0 Å². The Balaban J connectivity index is 1.22. The summed E-state index contributed by atoms with van der Waals surface area (Å²) < 4.78 is 12.0. The zero-order valence-electron chi connectivity index (χ0n) is 16.3. The fraction of sp³-hybridized carbons (Fsp3) is 0.238. The summed E-state index contributed by atoms with van der Waals surface area (Å²) in [7, 11) is 1.62. The van der Waals surface area contributed by atoms with E-state index in [2.05, 4.69) is 26.6 Å². The normalized spacial score (nSPS) is 11.0. The van der Waals surface area contributed by atoms with Gasteiger partial charge in [-0.2, -0.15) is 0 Å². The number of carbonyl (C=O) groups is 1. The Morgan fingerprint density at radius 3 is 2.93 bits per heavy atom. The molecule has 0 fully saturated rings. The highest BCUT2D eigenvalue weighted by molar-refractivity contribution is 7.99. The van der Waals surface area contributed by atoms with Gasteiger partial charge in [0.15, 0.2) is 0 Å². The first-order chi connectivity index (χ1) is 14.7. The highest BCUT2D eigenvalue weighted by Crippen LogP contribution is 2.23. The zero-order chi connectivity index (χ0) is 20.8. The third kappa shape index (κ3) is 5.37. The summed E-state index contributed by atoms with van der Waals surface area (Å²) in [6.45, 7) is 0.438. The van der Waals surface area contributed by atoms with E-state index in [4.69, 9.17) is 9.15 Å². The summed E-state index contributed by atoms with van der Waals surface area (Å²) in [5, 5.41) is 12.4. The molecule has 30 heavy (non-hydrogen) atoms. The van der Waals surface area contributed by atoms with Gasteiger partial charge in [0, 0.05) is 19.4 Å². The summed E-state index contributed by atoms with van der Waals surface area (Å²) >= 11 is 2.90. The molecule has 1 amide bonds. The summed E-state index contributed by atoms with van der Waals surface area (Å²) in [6, 6.07) is 15.7. The summed E-state index contributed by atoms with van der Waals surface area (Å²) in [6.07, 6.45) is 1.36. The number of nitrogens with zero attached hydrogens (tertiary/aromatic N) is 3. The molecule has 9 heteroatoms. The summed E-state index contributed by atoms with van der Waals surface area (Å²) in [5.74, 6) is 1.43. The molecule has 0 aliphatic rings. The number of methoxy groups -OCH3 is 1. The Labute approximate surface area is 181 Å². The minimum absolute atomic E-state index is 0.1000. The van der Waals surface area contributed by atoms with Gasteiger partial charge in [0.05, 0.1) is 28.1 Å². The predicted molar refractivity (Wildman–Crippen MR) is 117 cm³/mol. The number of thioether (sulfide) groups is 1. The van der Waals surface area contributed by atoms with Gasteiger partial charge in [-0.15, -0.1) is 21.5 Å². The molecule has 0 radical (unpaired) electrons. The molecule has 0 saturated carbocycles. The largest absolute Gasteiger partial charge is 0.497 e. The van der Waals surface area contributed by atoms with E-state index in [0.29, 0.717) is 24.1 Å². The van der Waals surface area contributed by atoms with E-state index in [9.17, 15) is 4.79 Å². The van der Waals surface area contributed by atoms with Crippen LogP contribution in [0.3, 0.4) is 0 Å². The second kappa shape index (κ2) is 9.73. The van der Waals surface area contributed by atoms with Gasteiger partial charge in [0.2, 0.25) is 11.8 Å². The van der Waals surface area contributed by atoms with E-state index in [1.54, 1.807) is 18.4 Å². The molecule has 0 aliphatic carbocycles. The van der Waals surface area contributed by atoms with Gasteiger partial charge in [-0.25, -0.2) is 4.98 Å². The van der Waals surface area contributed by atoms with Gasteiger partial charge in [-0.3, -0.25) is 4.79 Å². The summed E-state index contributed by atoms with van der Waals surface area (Å²) in [4.78, 5) is 16.7. The van der Waals surface area contributed by atoms with Gasteiger partial charge in [0.1, 0.15) is 5.75 Å². The van der Waals surface area contributed by atoms with Crippen molar-refractivity contribution in [3.05, 3.63) is 65.0 Å². The number of fused-ring (bicyclic) bond motifs is 1. The van der Waals surface area contributed by atoms with Gasteiger partial charge in [-0.1, -0.05) is 36.0 Å². The number of nitrogens with one attached hydrogen (secondary N) is 1. The quantitative estimate of drug-likeness (QED) is 0.395. The SMILES string of the molecule is COc1cccc(CNC(=O)CSc2nnc(CCc3nc4ccccc4s3)o2)c1. The van der Waals surface area contributed by atoms with Gasteiger partial charge >= 0.3 is 0 Å². The molecule has 1 N–H and O–H groups in total. The number of aryl methyl sites for hydroxylation is 2. The number of amides is 1. The van der Waals surface area contributed by atoms with Gasteiger partial charge in [-0.05, 0) is 29.8 Å². The number of thiazole rings is 1. The van der Waals surface area contributed by atoms with E-state index in [-0.39, 0.29) is 11.7 Å². The molecule has 0 unspecified atom stereocenters. The first kappa shape index (κ1) is 20.4. The van der Waals surface area contributed by atoms with Crippen molar-refractivity contribution in [2.45, 2.75) is 24.6 Å². The van der Waals surface area contributed by atoms with Crippen molar-refractivity contribution in [1.82, 2.24) is 20.5 Å². The van der Waals surface area contributed by atoms with Crippen molar-refractivity contribution in [3.63, 3.8) is 0 Å². The fourth-order valence-corrected chi connectivity index (χ4v) is 4.38. The molecule has 4 aromatic rings. The minimum Gasteiger partial charge on any atom is -0.497 e. The van der Waals surface area contributed by atoms with Crippen molar-refractivity contribution in [3.8, 4) is 5.75 Å². The number of hydrogen-bond acceptors (Lipinski definition) is 8. The molecule has 0 atom stereocenters. The molecule has 2 heterocycles. The lowest BCUT2D eigenvalue weighted by Gasteiger charge is -2.06. The van der Waals surface area contributed by atoms with Crippen LogP contribution in [0.15, 0.2) is 58.2 Å². The predicted octanol–water partition coefficient (Wildman–Crippen LogP) is 3.88. The Morgan fingerprint density at radius 2 is 2.07 bits per heavy atom. The minimum atomic E-state index is -0.1000. The number of para-hydroxylation sites is 1. The van der Waals surface area contributed by atoms with Crippen LogP contribution in [0.4, 0.5) is 0 Å². The smallest absolute Gasteiger partial charge is 0.277 e. The van der Waals surface area contributed by atoms with Crippen LogP contribution < -0.4 is 10.1 Å². The Morgan fingerprint density at radius 1 is 1.17 bits per heavy atom. The third-order valence-corrected chi connectivity index (χ3v) is 6.20. The van der Waals surface area contributed by atoms with Crippen molar-refractivity contribution in [1.29, 1.82) is 0 Å². The number of aromatic nitrogens is 3. The van der Waals surface area contributed by atoms with E-state index in [0.717, 1.165) is 28.3 Å². The van der Waals surface area contributed by atoms with E-state index in [1.165, 1.54) is 16.5 Å². The third-order valence-electron chi connectivity index (χ3n) is 4.29. The number of benzene rings is 2. The number of hydrogen-bond donors (Lipinski definition) is 1. The standard InChI is InChI=1S/C21H20N4O3S2/c1-27-15-6-4-5-14(11-15)12-22-18(26)13-29-21-25-24-19(28-21)9-10-20-23-16-7-2-3-8-17(16)30-20/h2-8,11H,9-10,12-13H2,1H3,(H,22,26). The van der Waals surface area contributed by atoms with Crippen molar-refractivity contribution in [2.24, 2.45) is 0 Å². The maximum absolute atomic E-state index is 12.1. The fourth-order valence-electron chi connectivity index (χ4n) is 2.80. The van der Waals surface area contributed by atoms with Gasteiger partial charge < -0.3 is 14.5 Å². The Bertz CT molecular complexity index is 1110. The molecule has 4 rings (SSSR count). The number of rotatable bonds is 9. The zero-order valence-corrected chi connectivity index (χ0v) is 18.0. The summed E-state index contributed by atoms with van der Waals surface area (Å²) in [5.41, 5.74) is 1.99. The topological polar surface area (TPSA) is 90.1 Å². The van der Waals surface area contributed by atoms with Crippen molar-refractivity contribution in [2.75, 3.05) is 12.9 Å². The van der Waals surface area contributed by atoms with E-state index in [1.807, 2.05) is 42.5 Å². The Hall–Kier alpha value is -2.91. The van der Waals surface area contributed by atoms with Crippen LogP contribution in [0.2, 0.25) is 0 Å². The van der Waals surface area contributed by atoms with Crippen LogP contribution in [-0.4, -0.2) is 34.0 Å². The lowest BCUT2D eigenvalue weighted by Crippen LogP contribution is -2.24.